The van der Waals surface area contributed by atoms with E-state index in [0.717, 1.165) is 0 Å². The van der Waals surface area contributed by atoms with Crippen molar-refractivity contribution in [3.63, 3.8) is 0 Å². The molecule has 228 valence electrons. The number of rotatable bonds is 11. The molecule has 0 amide bonds. The van der Waals surface area contributed by atoms with E-state index in [9.17, 15) is 29.4 Å². The molecule has 41 heavy (non-hydrogen) atoms. The normalized spacial score (nSPS) is 23.9. The van der Waals surface area contributed by atoms with E-state index in [2.05, 4.69) is 4.99 Å². The SMILES string of the molecule is CCCC(=NC[C@H](C)N=C(CCC)C1=C(O)[C@@H](C(=O)OC)C(C)(C)CC1=O)C1=C(O)[C@@H](C(=O)OC)C(C)(C)CC1=O. The quantitative estimate of drug-likeness (QED) is 0.257. The molecule has 0 heterocycles. The predicted octanol–water partition coefficient (Wildman–Crippen LogP) is 5.06. The number of aliphatic imine (C=N–C) groups is 2. The lowest BCUT2D eigenvalue weighted by molar-refractivity contribution is -0.151. The Labute approximate surface area is 243 Å². The molecule has 10 heteroatoms. The molecule has 0 unspecified atom stereocenters. The summed E-state index contributed by atoms with van der Waals surface area (Å²) in [6.45, 7) is 12.7. The van der Waals surface area contributed by atoms with Crippen LogP contribution in [-0.4, -0.2) is 71.9 Å². The molecule has 0 saturated carbocycles. The molecule has 2 aliphatic carbocycles. The fourth-order valence-corrected chi connectivity index (χ4v) is 5.80. The molecule has 0 radical (unpaired) electrons. The average Bonchev–Trinajstić information content (AvgIpc) is 2.85. The van der Waals surface area contributed by atoms with E-state index in [4.69, 9.17) is 14.5 Å². The van der Waals surface area contributed by atoms with Gasteiger partial charge in [0.2, 0.25) is 0 Å². The van der Waals surface area contributed by atoms with E-state index in [1.165, 1.54) is 14.2 Å². The van der Waals surface area contributed by atoms with Crippen LogP contribution in [0.4, 0.5) is 0 Å². The van der Waals surface area contributed by atoms with Gasteiger partial charge >= 0.3 is 11.9 Å². The van der Waals surface area contributed by atoms with Crippen molar-refractivity contribution in [2.75, 3.05) is 20.8 Å². The summed E-state index contributed by atoms with van der Waals surface area (Å²) in [6, 6.07) is -0.461. The highest BCUT2D eigenvalue weighted by atomic mass is 16.5. The Hall–Kier alpha value is -3.30. The molecule has 2 aliphatic rings. The Morgan fingerprint density at radius 2 is 1.22 bits per heavy atom. The van der Waals surface area contributed by atoms with Gasteiger partial charge in [0.05, 0.1) is 38.0 Å². The van der Waals surface area contributed by atoms with Crippen LogP contribution in [0.1, 0.15) is 87.0 Å². The number of carbonyl (C=O) groups is 4. The number of Topliss-reactive ketones (excluding diaryl/α,β-unsaturated/α-hetero) is 2. The summed E-state index contributed by atoms with van der Waals surface area (Å²) < 4.78 is 9.84. The van der Waals surface area contributed by atoms with Gasteiger partial charge in [0.15, 0.2) is 11.6 Å². The van der Waals surface area contributed by atoms with E-state index in [1.807, 2.05) is 13.8 Å². The second kappa shape index (κ2) is 13.6. The summed E-state index contributed by atoms with van der Waals surface area (Å²) >= 11 is 0. The Morgan fingerprint density at radius 3 is 1.61 bits per heavy atom. The minimum atomic E-state index is -0.994. The average molecular weight is 575 g/mol. The Balaban J connectivity index is 2.54. The number of aliphatic hydroxyl groups excluding tert-OH is 2. The lowest BCUT2D eigenvalue weighted by atomic mass is 9.67. The van der Waals surface area contributed by atoms with Crippen molar-refractivity contribution < 1.29 is 38.9 Å². The number of esters is 2. The predicted molar refractivity (Wildman–Crippen MR) is 156 cm³/mol. The first-order valence-corrected chi connectivity index (χ1v) is 14.3. The van der Waals surface area contributed by atoms with Gasteiger partial charge in [-0.3, -0.25) is 29.2 Å². The number of allylic oxidation sites excluding steroid dienone is 2. The third kappa shape index (κ3) is 7.32. The van der Waals surface area contributed by atoms with Crippen LogP contribution in [0.15, 0.2) is 32.6 Å². The molecule has 0 fully saturated rings. The van der Waals surface area contributed by atoms with Crippen LogP contribution in [0.25, 0.3) is 0 Å². The Kier molecular flexibility index (Phi) is 11.2. The van der Waals surface area contributed by atoms with E-state index in [0.29, 0.717) is 37.1 Å². The molecule has 0 aliphatic heterocycles. The zero-order chi connectivity index (χ0) is 31.3. The van der Waals surface area contributed by atoms with Gasteiger partial charge in [0, 0.05) is 24.3 Å². The summed E-state index contributed by atoms with van der Waals surface area (Å²) in [5.74, 6) is -4.45. The van der Waals surface area contributed by atoms with Gasteiger partial charge < -0.3 is 19.7 Å². The molecule has 0 aromatic rings. The van der Waals surface area contributed by atoms with Crippen LogP contribution >= 0.6 is 0 Å². The lowest BCUT2D eigenvalue weighted by Crippen LogP contribution is -2.42. The van der Waals surface area contributed by atoms with Crippen LogP contribution in [0, 0.1) is 22.7 Å². The summed E-state index contributed by atoms with van der Waals surface area (Å²) in [7, 11) is 2.49. The van der Waals surface area contributed by atoms with E-state index >= 15 is 0 Å². The summed E-state index contributed by atoms with van der Waals surface area (Å²) in [6.07, 6.45) is 2.19. The van der Waals surface area contributed by atoms with Gasteiger partial charge in [-0.15, -0.1) is 0 Å². The highest BCUT2D eigenvalue weighted by Gasteiger charge is 2.49. The molecule has 0 aromatic heterocycles. The monoisotopic (exact) mass is 574 g/mol. The second-order valence-electron chi connectivity index (χ2n) is 12.3. The van der Waals surface area contributed by atoms with Crippen molar-refractivity contribution in [3.05, 3.63) is 22.7 Å². The highest BCUT2D eigenvalue weighted by Crippen LogP contribution is 2.44. The fraction of sp³-hybridized carbons (Fsp3) is 0.677. The molecule has 3 atom stereocenters. The van der Waals surface area contributed by atoms with Crippen LogP contribution < -0.4 is 0 Å². The third-order valence-corrected chi connectivity index (χ3v) is 7.76. The molecule has 2 rings (SSSR count). The maximum atomic E-state index is 13.2. The zero-order valence-corrected chi connectivity index (χ0v) is 25.9. The van der Waals surface area contributed by atoms with Crippen molar-refractivity contribution in [1.29, 1.82) is 0 Å². The highest BCUT2D eigenvalue weighted by molar-refractivity contribution is 6.24. The summed E-state index contributed by atoms with van der Waals surface area (Å²) in [5.41, 5.74) is -0.751. The third-order valence-electron chi connectivity index (χ3n) is 7.76. The van der Waals surface area contributed by atoms with Gasteiger partial charge in [0.1, 0.15) is 23.4 Å². The lowest BCUT2D eigenvalue weighted by Gasteiger charge is -2.36. The van der Waals surface area contributed by atoms with Crippen LogP contribution in [0.5, 0.6) is 0 Å². The summed E-state index contributed by atoms with van der Waals surface area (Å²) in [4.78, 5) is 60.8. The first-order chi connectivity index (χ1) is 19.1. The molecule has 2 N–H and O–H groups in total. The van der Waals surface area contributed by atoms with E-state index in [1.54, 1.807) is 34.6 Å². The molecule has 10 nitrogen and oxygen atoms in total. The Bertz CT molecular complexity index is 1190. The molecule has 0 spiro atoms. The van der Waals surface area contributed by atoms with Gasteiger partial charge in [-0.1, -0.05) is 54.4 Å². The van der Waals surface area contributed by atoms with Crippen molar-refractivity contribution in [3.8, 4) is 0 Å². The van der Waals surface area contributed by atoms with E-state index in [-0.39, 0.29) is 53.6 Å². The number of aliphatic hydroxyl groups is 2. The van der Waals surface area contributed by atoms with Gasteiger partial charge in [-0.05, 0) is 30.6 Å². The molecular weight excluding hydrogens is 528 g/mol. The number of carbonyl (C=O) groups excluding carboxylic acids is 4. The van der Waals surface area contributed by atoms with Crippen molar-refractivity contribution in [2.45, 2.75) is 93.0 Å². The van der Waals surface area contributed by atoms with Gasteiger partial charge in [-0.25, -0.2) is 0 Å². The van der Waals surface area contributed by atoms with Crippen molar-refractivity contribution in [1.82, 2.24) is 0 Å². The minimum Gasteiger partial charge on any atom is -0.511 e. The summed E-state index contributed by atoms with van der Waals surface area (Å²) in [5, 5.41) is 22.3. The number of nitrogens with zero attached hydrogens (tertiary/aromatic N) is 2. The molecule has 0 saturated heterocycles. The zero-order valence-electron chi connectivity index (χ0n) is 25.9. The second-order valence-corrected chi connectivity index (χ2v) is 12.3. The fourth-order valence-electron chi connectivity index (χ4n) is 5.80. The molecular formula is C31H46N2O8. The van der Waals surface area contributed by atoms with Crippen LogP contribution in [-0.2, 0) is 28.7 Å². The van der Waals surface area contributed by atoms with Crippen molar-refractivity contribution >= 4 is 34.9 Å². The van der Waals surface area contributed by atoms with E-state index < -0.39 is 40.6 Å². The number of methoxy groups -OCH3 is 2. The number of hydrogen-bond donors (Lipinski definition) is 2. The maximum absolute atomic E-state index is 13.2. The van der Waals surface area contributed by atoms with Crippen LogP contribution in [0.2, 0.25) is 0 Å². The number of ether oxygens (including phenoxy) is 2. The maximum Gasteiger partial charge on any atom is 0.316 e. The topological polar surface area (TPSA) is 152 Å². The first-order valence-electron chi connectivity index (χ1n) is 14.3. The van der Waals surface area contributed by atoms with Crippen LogP contribution in [0.3, 0.4) is 0 Å². The smallest absolute Gasteiger partial charge is 0.316 e. The Morgan fingerprint density at radius 1 is 0.829 bits per heavy atom. The first kappa shape index (κ1) is 33.9. The van der Waals surface area contributed by atoms with Gasteiger partial charge in [-0.2, -0.15) is 0 Å². The molecule has 0 bridgehead atoms. The van der Waals surface area contributed by atoms with Crippen molar-refractivity contribution in [2.24, 2.45) is 32.7 Å². The number of hydrogen-bond acceptors (Lipinski definition) is 10. The number of ketones is 2. The standard InChI is InChI=1S/C31H46N2O8/c1-10-12-18(22-20(34)14-30(4,5)24(26(22)36)28(38)40-8)32-16-17(3)33-19(13-11-2)23-21(35)15-31(6,7)25(27(23)37)29(39)41-9/h17,24-25,36-37H,10-16H2,1-9H3/t17-,24-,25-/m0/s1. The largest absolute Gasteiger partial charge is 0.511 e. The van der Waals surface area contributed by atoms with Gasteiger partial charge in [0.25, 0.3) is 0 Å². The minimum absolute atomic E-state index is 0.0509. The molecule has 0 aromatic carbocycles.